The molecule has 0 bridgehead atoms. The molecule has 3 heteroatoms. The van der Waals surface area contributed by atoms with Crippen molar-refractivity contribution in [3.8, 4) is 11.5 Å². The number of benzene rings is 1. The second-order valence-electron chi connectivity index (χ2n) is 5.93. The van der Waals surface area contributed by atoms with Gasteiger partial charge < -0.3 is 14.8 Å². The Bertz CT molecular complexity index is 403. The fraction of sp³-hybridized carbons (Fsp3) is 0.647. The Morgan fingerprint density at radius 1 is 1.00 bits per heavy atom. The van der Waals surface area contributed by atoms with Crippen LogP contribution in [0, 0.1) is 11.8 Å². The first kappa shape index (κ1) is 15.2. The molecule has 0 saturated heterocycles. The first-order valence-electron chi connectivity index (χ1n) is 7.58. The van der Waals surface area contributed by atoms with E-state index in [2.05, 4.69) is 31.4 Å². The summed E-state index contributed by atoms with van der Waals surface area (Å²) in [5.41, 5.74) is 1.27. The Labute approximate surface area is 122 Å². The van der Waals surface area contributed by atoms with Gasteiger partial charge in [-0.05, 0) is 49.4 Å². The summed E-state index contributed by atoms with van der Waals surface area (Å²) in [6.07, 6.45) is 5.27. The SMILES string of the molecule is CNC(c1cc(OC)cc(OC)c1)C1CCC(C)CC1. The zero-order valence-corrected chi connectivity index (χ0v) is 13.1. The minimum Gasteiger partial charge on any atom is -0.497 e. The highest BCUT2D eigenvalue weighted by Crippen LogP contribution is 2.38. The predicted octanol–water partition coefficient (Wildman–Crippen LogP) is 3.79. The van der Waals surface area contributed by atoms with E-state index in [0.29, 0.717) is 12.0 Å². The van der Waals surface area contributed by atoms with Crippen LogP contribution in [-0.4, -0.2) is 21.3 Å². The van der Waals surface area contributed by atoms with Gasteiger partial charge in [-0.15, -0.1) is 0 Å². The zero-order chi connectivity index (χ0) is 14.5. The lowest BCUT2D eigenvalue weighted by Crippen LogP contribution is -2.28. The largest absolute Gasteiger partial charge is 0.497 e. The summed E-state index contributed by atoms with van der Waals surface area (Å²) < 4.78 is 10.8. The minimum absolute atomic E-state index is 0.381. The summed E-state index contributed by atoms with van der Waals surface area (Å²) in [7, 11) is 5.46. The number of methoxy groups -OCH3 is 2. The normalized spacial score (nSPS) is 24.2. The number of rotatable bonds is 5. The molecule has 20 heavy (non-hydrogen) atoms. The molecule has 3 nitrogen and oxygen atoms in total. The van der Waals surface area contributed by atoms with Crippen LogP contribution in [0.1, 0.15) is 44.2 Å². The van der Waals surface area contributed by atoms with E-state index in [9.17, 15) is 0 Å². The predicted molar refractivity (Wildman–Crippen MR) is 82.5 cm³/mol. The summed E-state index contributed by atoms with van der Waals surface area (Å²) in [5, 5.41) is 3.49. The molecule has 0 amide bonds. The highest BCUT2D eigenvalue weighted by molar-refractivity contribution is 5.40. The number of ether oxygens (including phenoxy) is 2. The van der Waals surface area contributed by atoms with E-state index >= 15 is 0 Å². The van der Waals surface area contributed by atoms with Crippen LogP contribution in [0.3, 0.4) is 0 Å². The van der Waals surface area contributed by atoms with Crippen molar-refractivity contribution < 1.29 is 9.47 Å². The molecule has 1 aromatic carbocycles. The van der Waals surface area contributed by atoms with Gasteiger partial charge in [0.2, 0.25) is 0 Å². The minimum atomic E-state index is 0.381. The quantitative estimate of drug-likeness (QED) is 0.888. The number of hydrogen-bond donors (Lipinski definition) is 1. The third-order valence-electron chi connectivity index (χ3n) is 4.58. The molecule has 1 saturated carbocycles. The summed E-state index contributed by atoms with van der Waals surface area (Å²) >= 11 is 0. The van der Waals surface area contributed by atoms with Crippen molar-refractivity contribution >= 4 is 0 Å². The smallest absolute Gasteiger partial charge is 0.122 e. The van der Waals surface area contributed by atoms with Gasteiger partial charge in [0, 0.05) is 12.1 Å². The molecule has 0 heterocycles. The van der Waals surface area contributed by atoms with Gasteiger partial charge in [0.1, 0.15) is 11.5 Å². The monoisotopic (exact) mass is 277 g/mol. The molecule has 0 aromatic heterocycles. The number of hydrogen-bond acceptors (Lipinski definition) is 3. The molecule has 1 unspecified atom stereocenters. The highest BCUT2D eigenvalue weighted by atomic mass is 16.5. The van der Waals surface area contributed by atoms with Crippen LogP contribution < -0.4 is 14.8 Å². The van der Waals surface area contributed by atoms with Crippen LogP contribution in [0.25, 0.3) is 0 Å². The van der Waals surface area contributed by atoms with E-state index in [-0.39, 0.29) is 0 Å². The van der Waals surface area contributed by atoms with Gasteiger partial charge in [0.15, 0.2) is 0 Å². The van der Waals surface area contributed by atoms with Gasteiger partial charge in [0.25, 0.3) is 0 Å². The molecular formula is C17H27NO2. The van der Waals surface area contributed by atoms with E-state index in [1.54, 1.807) is 14.2 Å². The molecule has 0 spiro atoms. The lowest BCUT2D eigenvalue weighted by atomic mass is 9.77. The Morgan fingerprint density at radius 3 is 2.00 bits per heavy atom. The van der Waals surface area contributed by atoms with Gasteiger partial charge in [-0.2, -0.15) is 0 Å². The van der Waals surface area contributed by atoms with Crippen molar-refractivity contribution in [1.29, 1.82) is 0 Å². The van der Waals surface area contributed by atoms with Crippen LogP contribution >= 0.6 is 0 Å². The van der Waals surface area contributed by atoms with Crippen molar-refractivity contribution in [2.24, 2.45) is 11.8 Å². The maximum atomic E-state index is 5.39. The van der Waals surface area contributed by atoms with Crippen molar-refractivity contribution in [3.05, 3.63) is 23.8 Å². The topological polar surface area (TPSA) is 30.5 Å². The molecule has 1 aliphatic rings. The van der Waals surface area contributed by atoms with Crippen molar-refractivity contribution in [1.82, 2.24) is 5.32 Å². The second-order valence-corrected chi connectivity index (χ2v) is 5.93. The first-order valence-corrected chi connectivity index (χ1v) is 7.58. The molecule has 1 N–H and O–H groups in total. The summed E-state index contributed by atoms with van der Waals surface area (Å²) in [5.74, 6) is 3.31. The summed E-state index contributed by atoms with van der Waals surface area (Å²) in [6.45, 7) is 2.36. The molecule has 0 radical (unpaired) electrons. The van der Waals surface area contributed by atoms with E-state index in [4.69, 9.17) is 9.47 Å². The summed E-state index contributed by atoms with van der Waals surface area (Å²) in [6, 6.07) is 6.56. The Hall–Kier alpha value is -1.22. The van der Waals surface area contributed by atoms with Gasteiger partial charge in [-0.1, -0.05) is 19.8 Å². The maximum absolute atomic E-state index is 5.39. The molecule has 2 rings (SSSR count). The van der Waals surface area contributed by atoms with Crippen molar-refractivity contribution in [2.75, 3.05) is 21.3 Å². The third-order valence-corrected chi connectivity index (χ3v) is 4.58. The first-order chi connectivity index (χ1) is 9.67. The molecule has 0 aliphatic heterocycles. The number of nitrogens with one attached hydrogen (secondary N) is 1. The van der Waals surface area contributed by atoms with Gasteiger partial charge in [0.05, 0.1) is 14.2 Å². The van der Waals surface area contributed by atoms with Gasteiger partial charge >= 0.3 is 0 Å². The fourth-order valence-electron chi connectivity index (χ4n) is 3.30. The van der Waals surface area contributed by atoms with Gasteiger partial charge in [-0.25, -0.2) is 0 Å². The van der Waals surface area contributed by atoms with Crippen LogP contribution in [0.4, 0.5) is 0 Å². The third kappa shape index (κ3) is 3.45. The van der Waals surface area contributed by atoms with E-state index in [0.717, 1.165) is 17.4 Å². The molecule has 1 fully saturated rings. The maximum Gasteiger partial charge on any atom is 0.122 e. The Morgan fingerprint density at radius 2 is 1.55 bits per heavy atom. The fourth-order valence-corrected chi connectivity index (χ4v) is 3.30. The molecule has 1 aliphatic carbocycles. The van der Waals surface area contributed by atoms with E-state index in [1.807, 2.05) is 6.07 Å². The lowest BCUT2D eigenvalue weighted by Gasteiger charge is -2.33. The van der Waals surface area contributed by atoms with E-state index in [1.165, 1.54) is 31.2 Å². The lowest BCUT2D eigenvalue weighted by molar-refractivity contribution is 0.237. The average Bonchev–Trinajstić information content (AvgIpc) is 2.49. The van der Waals surface area contributed by atoms with E-state index < -0.39 is 0 Å². The zero-order valence-electron chi connectivity index (χ0n) is 13.1. The molecule has 1 aromatic rings. The standard InChI is InChI=1S/C17H27NO2/c1-12-5-7-13(8-6-12)17(18-2)14-9-15(19-3)11-16(10-14)20-4/h9-13,17-18H,5-8H2,1-4H3. The summed E-state index contributed by atoms with van der Waals surface area (Å²) in [4.78, 5) is 0. The second kappa shape index (κ2) is 6.98. The van der Waals surface area contributed by atoms with Gasteiger partial charge in [-0.3, -0.25) is 0 Å². The molecular weight excluding hydrogens is 250 g/mol. The van der Waals surface area contributed by atoms with Crippen molar-refractivity contribution in [2.45, 2.75) is 38.6 Å². The van der Waals surface area contributed by atoms with Crippen LogP contribution in [0.2, 0.25) is 0 Å². The average molecular weight is 277 g/mol. The van der Waals surface area contributed by atoms with Crippen molar-refractivity contribution in [3.63, 3.8) is 0 Å². The molecule has 112 valence electrons. The van der Waals surface area contributed by atoms with Crippen LogP contribution in [-0.2, 0) is 0 Å². The van der Waals surface area contributed by atoms with Crippen LogP contribution in [0.5, 0.6) is 11.5 Å². The Balaban J connectivity index is 2.22. The Kier molecular flexibility index (Phi) is 5.30. The highest BCUT2D eigenvalue weighted by Gasteiger charge is 2.26. The van der Waals surface area contributed by atoms with Crippen LogP contribution in [0.15, 0.2) is 18.2 Å². The molecule has 1 atom stereocenters.